The summed E-state index contributed by atoms with van der Waals surface area (Å²) >= 11 is 0. The third-order valence-electron chi connectivity index (χ3n) is 21.3. The number of carbonyl (C=O) groups is 5. The summed E-state index contributed by atoms with van der Waals surface area (Å²) in [6.07, 6.45) is -89.3. The van der Waals surface area contributed by atoms with Gasteiger partial charge < -0.3 is 234 Å². The van der Waals surface area contributed by atoms with Crippen molar-refractivity contribution in [1.29, 1.82) is 0 Å². The lowest BCUT2D eigenvalue weighted by Gasteiger charge is -2.53. The molecule has 0 aromatic rings. The Morgan fingerprint density at radius 3 is 1.05 bits per heavy atom. The SMILES string of the molecule is CC(=O)N[C@H]1[C@H](O[C@H]2[C@@H](O)[C@@H](CO)O[C@@H](O[C@H]3[C@H](O)[C@@H](NC(C)=O)C(O)O[C@@H]3CO)[C@@H]2O)O[C@H](CO)[C@@H](O[C@@H]2O[C@H](CO)[C@H](O)[C@H](O[C@@H]3O[C@H](CO)[C@@H](O[C@@H]4O[C@H](CO)[C@H](O)[C@H](O[C@]5(C(=O)[O-])C[C@H](O)[C@@H](NC(C)=O)[C@H]([C@H](O)[C@H](O)CO)O5)[C@H]4O)[C@H](O[C@@H]4O[C@@H](C)[C@@H](O)[C@@H](O)[C@@H]4O)[C@H]3NC(C)=O)[C@H]2O)[C@@H]1O[C@@H]1O[C@@H](C)[C@@H](O)[C@@H](O)[C@@H]1O. The molecule has 0 aromatic carbocycles. The quantitative estimate of drug-likeness (QED) is 0.0318. The molecule has 670 valence electrons. The first kappa shape index (κ1) is 95.5. The molecule has 4 amide bonds. The number of nitrogens with one attached hydrogen (secondary N) is 4. The maximum absolute atomic E-state index is 13.6. The Hall–Kier alpha value is -4.29. The maximum atomic E-state index is 13.6. The summed E-state index contributed by atoms with van der Waals surface area (Å²) in [7, 11) is 0. The molecule has 0 bridgehead atoms. The fourth-order valence-electron chi connectivity index (χ4n) is 15.2. The van der Waals surface area contributed by atoms with Crippen molar-refractivity contribution >= 4 is 29.6 Å². The van der Waals surface area contributed by atoms with Gasteiger partial charge in [-0.25, -0.2) is 0 Å². The number of hydrogen-bond acceptors (Lipinski definition) is 47. The highest BCUT2D eigenvalue weighted by molar-refractivity contribution is 5.76. The molecular formula is C65H107N4O47-. The lowest BCUT2D eigenvalue weighted by atomic mass is 9.88. The Balaban J connectivity index is 1.06. The van der Waals surface area contributed by atoms with Crippen LogP contribution in [0.25, 0.3) is 0 Å². The van der Waals surface area contributed by atoms with Gasteiger partial charge in [-0.1, -0.05) is 0 Å². The Bertz CT molecular complexity index is 3170. The Kier molecular flexibility index (Phi) is 33.6. The van der Waals surface area contributed by atoms with E-state index in [9.17, 15) is 152 Å². The van der Waals surface area contributed by atoms with E-state index in [1.807, 2.05) is 0 Å². The minimum Gasteiger partial charge on any atom is -0.544 e. The number of carbonyl (C=O) groups excluding carboxylic acids is 5. The van der Waals surface area contributed by atoms with Crippen LogP contribution >= 0.6 is 0 Å². The van der Waals surface area contributed by atoms with Crippen LogP contribution in [-0.4, -0.2) is 480 Å². The highest BCUT2D eigenvalue weighted by Crippen LogP contribution is 2.43. The zero-order valence-corrected chi connectivity index (χ0v) is 62.8. The minimum atomic E-state index is -3.46. The standard InChI is InChI=1S/C65H108N4O47/c1-15-33(83)40(90)42(92)59(100-15)111-51-31(68-19(5)79)57(113-53-36(86)23(9-71)103-61(44(53)94)108-47-26(12-74)102-56(97)30(39(47)89)67-18(4)78)106-27(13-75)48(51)109-62-45(95)54(37(87)24(10-72)104-62)114-58-32(69-20(6)80)52(112-60-43(93)41(91)34(84)16(2)101-60)49(28(14-76)107-58)110-63-46(96)55(38(88)25(11-73)105-63)116-65(64(98)99)7-21(81)29(66-17(3)77)50(115-65)35(85)22(82)8-70/h15-16,21-63,70-76,81-97H,7-14H2,1-6H3,(H,66,77)(H,67,78)(H,68,79)(H,69,80)(H,98,99)/p-1/t15-,16-,21-,22+,23+,24+,25+,26+,27+,28+,29+,30+,31+,32+,33+,34+,35+,36-,37-,38-,39+,40+,41+,42-,43-,44+,45+,46+,47+,48+,49+,50+,51+,52+,53-,54-,55-,56?,57-,58-,59-,60-,61-,62-,63-,65-/m0/s1. The summed E-state index contributed by atoms with van der Waals surface area (Å²) in [6, 6.07) is -7.64. The van der Waals surface area contributed by atoms with Crippen molar-refractivity contribution in [3.63, 3.8) is 0 Å². The highest BCUT2D eigenvalue weighted by Gasteiger charge is 2.63. The molecule has 9 aliphatic rings. The number of hydrogen-bond donors (Lipinski definition) is 28. The molecule has 9 rings (SSSR count). The lowest BCUT2D eigenvalue weighted by molar-refractivity contribution is -0.415. The molecule has 0 spiro atoms. The van der Waals surface area contributed by atoms with Crippen LogP contribution in [0.4, 0.5) is 0 Å². The summed E-state index contributed by atoms with van der Waals surface area (Å²) in [5, 5.41) is 291. The average Bonchev–Trinajstić information content (AvgIpc) is 0.739. The van der Waals surface area contributed by atoms with Crippen molar-refractivity contribution in [2.24, 2.45) is 0 Å². The van der Waals surface area contributed by atoms with E-state index in [4.69, 9.17) is 80.5 Å². The molecule has 0 saturated carbocycles. The van der Waals surface area contributed by atoms with E-state index >= 15 is 0 Å². The second-order valence-corrected chi connectivity index (χ2v) is 29.5. The normalized spacial score (nSPS) is 48.2. The van der Waals surface area contributed by atoms with E-state index in [-0.39, 0.29) is 0 Å². The van der Waals surface area contributed by atoms with Crippen molar-refractivity contribution < 1.29 is 232 Å². The van der Waals surface area contributed by atoms with Crippen LogP contribution in [0.15, 0.2) is 0 Å². The number of amides is 4. The van der Waals surface area contributed by atoms with Gasteiger partial charge >= 0.3 is 0 Å². The minimum absolute atomic E-state index is 0.785. The first-order chi connectivity index (χ1) is 54.6. The molecule has 9 saturated heterocycles. The van der Waals surface area contributed by atoms with E-state index in [0.717, 1.165) is 27.7 Å². The second kappa shape index (κ2) is 40.8. The summed E-state index contributed by atoms with van der Waals surface area (Å²) < 4.78 is 102. The van der Waals surface area contributed by atoms with E-state index < -0.39 is 364 Å². The number of aliphatic hydroxyl groups excluding tert-OH is 24. The van der Waals surface area contributed by atoms with Gasteiger partial charge in [-0.15, -0.1) is 0 Å². The van der Waals surface area contributed by atoms with Crippen molar-refractivity contribution in [2.45, 2.75) is 330 Å². The predicted molar refractivity (Wildman–Crippen MR) is 355 cm³/mol. The molecule has 9 aliphatic heterocycles. The monoisotopic (exact) mass is 1700 g/mol. The molecule has 1 unspecified atom stereocenters. The number of aliphatic hydroxyl groups is 24. The molecule has 0 aromatic heterocycles. The van der Waals surface area contributed by atoms with Crippen LogP contribution < -0.4 is 26.4 Å². The predicted octanol–water partition coefficient (Wildman–Crippen LogP) is -20.1. The third kappa shape index (κ3) is 20.6. The van der Waals surface area contributed by atoms with Crippen molar-refractivity contribution in [3.8, 4) is 0 Å². The highest BCUT2D eigenvalue weighted by atomic mass is 16.8. The molecule has 51 nitrogen and oxygen atoms in total. The van der Waals surface area contributed by atoms with Gasteiger partial charge in [0.05, 0.1) is 70.6 Å². The van der Waals surface area contributed by atoms with Gasteiger partial charge in [0.15, 0.2) is 50.3 Å². The number of rotatable bonds is 30. The zero-order chi connectivity index (χ0) is 85.9. The average molecular weight is 1700 g/mol. The van der Waals surface area contributed by atoms with Crippen LogP contribution in [0.5, 0.6) is 0 Å². The van der Waals surface area contributed by atoms with Crippen LogP contribution in [0.3, 0.4) is 0 Å². The Morgan fingerprint density at radius 1 is 0.362 bits per heavy atom. The van der Waals surface area contributed by atoms with Gasteiger partial charge in [0, 0.05) is 34.1 Å². The van der Waals surface area contributed by atoms with Crippen molar-refractivity contribution in [2.75, 3.05) is 46.2 Å². The van der Waals surface area contributed by atoms with Gasteiger partial charge in [-0.05, 0) is 13.8 Å². The smallest absolute Gasteiger partial charge is 0.217 e. The Morgan fingerprint density at radius 2 is 0.681 bits per heavy atom. The molecular weight excluding hydrogens is 1590 g/mol. The van der Waals surface area contributed by atoms with Crippen molar-refractivity contribution in [3.05, 3.63) is 0 Å². The maximum Gasteiger partial charge on any atom is 0.217 e. The fourth-order valence-corrected chi connectivity index (χ4v) is 15.2. The largest absolute Gasteiger partial charge is 0.544 e. The summed E-state index contributed by atoms with van der Waals surface area (Å²) in [6.45, 7) is -2.33. The van der Waals surface area contributed by atoms with Gasteiger partial charge in [-0.2, -0.15) is 0 Å². The molecule has 116 heavy (non-hydrogen) atoms. The second-order valence-electron chi connectivity index (χ2n) is 29.5. The third-order valence-corrected chi connectivity index (χ3v) is 21.3. The number of aliphatic carboxylic acids is 1. The van der Waals surface area contributed by atoms with Crippen LogP contribution in [0.2, 0.25) is 0 Å². The van der Waals surface area contributed by atoms with Crippen LogP contribution in [0.1, 0.15) is 48.0 Å². The lowest BCUT2D eigenvalue weighted by Crippen LogP contribution is -2.73. The molecule has 0 radical (unpaired) electrons. The zero-order valence-electron chi connectivity index (χ0n) is 62.8. The molecule has 28 N–H and O–H groups in total. The van der Waals surface area contributed by atoms with Gasteiger partial charge in [0.1, 0.15) is 207 Å². The van der Waals surface area contributed by atoms with Crippen LogP contribution in [-0.2, 0) is 104 Å². The van der Waals surface area contributed by atoms with Crippen LogP contribution in [0, 0.1) is 0 Å². The first-order valence-electron chi connectivity index (χ1n) is 37.0. The molecule has 51 heteroatoms. The first-order valence-corrected chi connectivity index (χ1v) is 37.0. The van der Waals surface area contributed by atoms with E-state index in [0.29, 0.717) is 0 Å². The van der Waals surface area contributed by atoms with E-state index in [1.54, 1.807) is 0 Å². The topological polar surface area (TPSA) is 799 Å². The summed E-state index contributed by atoms with van der Waals surface area (Å²) in [5.41, 5.74) is 0. The van der Waals surface area contributed by atoms with Crippen molar-refractivity contribution in [1.82, 2.24) is 21.3 Å². The molecule has 0 aliphatic carbocycles. The van der Waals surface area contributed by atoms with Gasteiger partial charge in [-0.3, -0.25) is 19.2 Å². The number of ether oxygens (including phenoxy) is 17. The molecule has 9 heterocycles. The van der Waals surface area contributed by atoms with E-state index in [2.05, 4.69) is 21.3 Å². The van der Waals surface area contributed by atoms with Gasteiger partial charge in [0.25, 0.3) is 0 Å². The summed E-state index contributed by atoms with van der Waals surface area (Å²) in [5.74, 6) is -9.66. The number of carboxylic acid groups (broad SMARTS) is 1. The molecule has 46 atom stereocenters. The molecule has 9 fully saturated rings. The van der Waals surface area contributed by atoms with E-state index in [1.165, 1.54) is 13.8 Å². The summed E-state index contributed by atoms with van der Waals surface area (Å²) in [4.78, 5) is 64.8. The van der Waals surface area contributed by atoms with Gasteiger partial charge in [0.2, 0.25) is 29.4 Å². The Labute approximate surface area is 657 Å². The number of carboxylic acids is 1. The fraction of sp³-hybridized carbons (Fsp3) is 0.923.